The lowest BCUT2D eigenvalue weighted by Gasteiger charge is -2.22. The normalized spacial score (nSPS) is 18.9. The average Bonchev–Trinajstić information content (AvgIpc) is 2.83. The maximum absolute atomic E-state index is 12.9. The minimum absolute atomic E-state index is 0.0748. The molecule has 3 rings (SSSR count). The highest BCUT2D eigenvalue weighted by Gasteiger charge is 2.50. The molecule has 148 valence electrons. The van der Waals surface area contributed by atoms with E-state index >= 15 is 0 Å². The van der Waals surface area contributed by atoms with Gasteiger partial charge in [0.1, 0.15) is 18.1 Å². The second kappa shape index (κ2) is 7.40. The van der Waals surface area contributed by atoms with Crippen LogP contribution in [0, 0.1) is 0 Å². The number of carbonyl (C=O) groups is 2. The zero-order chi connectivity index (χ0) is 20.5. The van der Waals surface area contributed by atoms with Gasteiger partial charge in [-0.25, -0.2) is 0 Å². The molecule has 0 saturated carbocycles. The first-order chi connectivity index (χ1) is 13.1. The fourth-order valence-electron chi connectivity index (χ4n) is 3.57. The van der Waals surface area contributed by atoms with E-state index in [2.05, 4.69) is 20.8 Å². The van der Waals surface area contributed by atoms with Crippen LogP contribution >= 0.6 is 0 Å². The molecule has 1 atom stereocenters. The molecule has 0 unspecified atom stereocenters. The summed E-state index contributed by atoms with van der Waals surface area (Å²) in [5.74, 6) is 0.0187. The van der Waals surface area contributed by atoms with E-state index < -0.39 is 11.5 Å². The molecule has 0 aliphatic carbocycles. The van der Waals surface area contributed by atoms with Gasteiger partial charge in [-0.2, -0.15) is 0 Å². The van der Waals surface area contributed by atoms with Gasteiger partial charge in [0.2, 0.25) is 0 Å². The number of hydrogen-bond acceptors (Lipinski definition) is 4. The van der Waals surface area contributed by atoms with Crippen molar-refractivity contribution in [2.24, 2.45) is 0 Å². The number of Topliss-reactive ketones (excluding diaryl/α,β-unsaturated/α-hetero) is 1. The van der Waals surface area contributed by atoms with Gasteiger partial charge in [0.15, 0.2) is 5.60 Å². The molecule has 2 aromatic carbocycles. The number of aliphatic hydroxyl groups is 1. The van der Waals surface area contributed by atoms with Gasteiger partial charge in [-0.1, -0.05) is 51.1 Å². The molecule has 1 amide bonds. The third kappa shape index (κ3) is 3.80. The van der Waals surface area contributed by atoms with Crippen LogP contribution in [0.15, 0.2) is 48.5 Å². The third-order valence-electron chi connectivity index (χ3n) is 5.05. The van der Waals surface area contributed by atoms with Gasteiger partial charge in [0.05, 0.1) is 12.2 Å². The quantitative estimate of drug-likeness (QED) is 0.831. The lowest BCUT2D eigenvalue weighted by molar-refractivity contribution is -0.141. The number of ether oxygens (including phenoxy) is 1. The van der Waals surface area contributed by atoms with Gasteiger partial charge in [-0.05, 0) is 36.1 Å². The Morgan fingerprint density at radius 2 is 1.75 bits per heavy atom. The zero-order valence-electron chi connectivity index (χ0n) is 16.9. The predicted octanol–water partition coefficient (Wildman–Crippen LogP) is 3.58. The van der Waals surface area contributed by atoms with E-state index in [4.69, 9.17) is 4.74 Å². The van der Waals surface area contributed by atoms with Gasteiger partial charge in [0.25, 0.3) is 5.91 Å². The molecule has 2 aromatic rings. The Balaban J connectivity index is 1.71. The van der Waals surface area contributed by atoms with Gasteiger partial charge in [-0.3, -0.25) is 9.59 Å². The highest BCUT2D eigenvalue weighted by Crippen LogP contribution is 2.42. The molecular weight excluding hydrogens is 354 g/mol. The summed E-state index contributed by atoms with van der Waals surface area (Å²) >= 11 is 0. The van der Waals surface area contributed by atoms with Crippen molar-refractivity contribution >= 4 is 17.4 Å². The van der Waals surface area contributed by atoms with E-state index in [0.717, 1.165) is 5.75 Å². The summed E-state index contributed by atoms with van der Waals surface area (Å²) < 4.78 is 5.81. The van der Waals surface area contributed by atoms with E-state index in [1.165, 1.54) is 17.4 Å². The number of nitrogens with zero attached hydrogens (tertiary/aromatic N) is 1. The maximum Gasteiger partial charge on any atom is 0.264 e. The standard InChI is InChI=1S/C23H27NO4/c1-16(25)15-23(27)19-7-5-6-8-20(19)24(21(23)26)13-14-28-18-11-9-17(10-12-18)22(2,3)4/h5-12,27H,13-15H2,1-4H3/t23-/m0/s1. The Bertz CT molecular complexity index is 882. The second-order valence-corrected chi connectivity index (χ2v) is 8.34. The van der Waals surface area contributed by atoms with Crippen LogP contribution in [0.5, 0.6) is 5.75 Å². The summed E-state index contributed by atoms with van der Waals surface area (Å²) in [4.78, 5) is 26.0. The van der Waals surface area contributed by atoms with Gasteiger partial charge < -0.3 is 14.7 Å². The minimum Gasteiger partial charge on any atom is -0.492 e. The first kappa shape index (κ1) is 20.1. The number of carbonyl (C=O) groups excluding carboxylic acids is 2. The van der Waals surface area contributed by atoms with Crippen molar-refractivity contribution in [2.75, 3.05) is 18.1 Å². The van der Waals surface area contributed by atoms with Crippen molar-refractivity contribution in [1.29, 1.82) is 0 Å². The van der Waals surface area contributed by atoms with Crippen LogP contribution in [0.1, 0.15) is 45.2 Å². The smallest absolute Gasteiger partial charge is 0.264 e. The fourth-order valence-corrected chi connectivity index (χ4v) is 3.57. The van der Waals surface area contributed by atoms with Gasteiger partial charge in [-0.15, -0.1) is 0 Å². The minimum atomic E-state index is -1.79. The number of hydrogen-bond donors (Lipinski definition) is 1. The molecule has 0 saturated heterocycles. The maximum atomic E-state index is 12.9. The van der Waals surface area contributed by atoms with Crippen LogP contribution in [-0.2, 0) is 20.6 Å². The summed E-state index contributed by atoms with van der Waals surface area (Å²) in [7, 11) is 0. The molecule has 0 spiro atoms. The largest absolute Gasteiger partial charge is 0.492 e. The van der Waals surface area contributed by atoms with Crippen molar-refractivity contribution in [3.05, 3.63) is 59.7 Å². The van der Waals surface area contributed by atoms with Crippen LogP contribution in [0.3, 0.4) is 0 Å². The third-order valence-corrected chi connectivity index (χ3v) is 5.05. The Morgan fingerprint density at radius 3 is 2.36 bits per heavy atom. The number of para-hydroxylation sites is 1. The predicted molar refractivity (Wildman–Crippen MR) is 109 cm³/mol. The molecule has 5 nitrogen and oxygen atoms in total. The summed E-state index contributed by atoms with van der Waals surface area (Å²) in [6.07, 6.45) is -0.228. The van der Waals surface area contributed by atoms with E-state index in [9.17, 15) is 14.7 Å². The summed E-state index contributed by atoms with van der Waals surface area (Å²) in [6, 6.07) is 15.0. The monoisotopic (exact) mass is 381 g/mol. The Kier molecular flexibility index (Phi) is 5.31. The fraction of sp³-hybridized carbons (Fsp3) is 0.391. The molecule has 0 bridgehead atoms. The Hall–Kier alpha value is -2.66. The van der Waals surface area contributed by atoms with Crippen LogP contribution in [-0.4, -0.2) is 29.9 Å². The molecule has 1 N–H and O–H groups in total. The van der Waals surface area contributed by atoms with Crippen LogP contribution in [0.2, 0.25) is 0 Å². The van der Waals surface area contributed by atoms with Gasteiger partial charge in [0, 0.05) is 12.0 Å². The number of anilines is 1. The molecular formula is C23H27NO4. The van der Waals surface area contributed by atoms with E-state index in [1.54, 1.807) is 18.2 Å². The van der Waals surface area contributed by atoms with Crippen LogP contribution in [0.4, 0.5) is 5.69 Å². The lowest BCUT2D eigenvalue weighted by atomic mass is 9.87. The summed E-state index contributed by atoms with van der Waals surface area (Å²) in [5, 5.41) is 10.9. The zero-order valence-corrected chi connectivity index (χ0v) is 16.9. The Labute approximate surface area is 165 Å². The van der Waals surface area contributed by atoms with Crippen molar-refractivity contribution in [2.45, 2.75) is 45.1 Å². The average molecular weight is 381 g/mol. The highest BCUT2D eigenvalue weighted by atomic mass is 16.5. The van der Waals surface area contributed by atoms with E-state index in [1.807, 2.05) is 30.3 Å². The van der Waals surface area contributed by atoms with E-state index in [-0.39, 0.29) is 30.8 Å². The van der Waals surface area contributed by atoms with Crippen molar-refractivity contribution in [1.82, 2.24) is 0 Å². The number of benzene rings is 2. The summed E-state index contributed by atoms with van der Waals surface area (Å²) in [6.45, 7) is 8.41. The van der Waals surface area contributed by atoms with Crippen molar-refractivity contribution in [3.63, 3.8) is 0 Å². The molecule has 0 radical (unpaired) electrons. The molecule has 0 aromatic heterocycles. The number of ketones is 1. The number of fused-ring (bicyclic) bond motifs is 1. The van der Waals surface area contributed by atoms with Gasteiger partial charge >= 0.3 is 0 Å². The molecule has 28 heavy (non-hydrogen) atoms. The molecule has 1 aliphatic heterocycles. The SMILES string of the molecule is CC(=O)C[C@@]1(O)C(=O)N(CCOc2ccc(C(C)(C)C)cc2)c2ccccc21. The molecule has 0 fully saturated rings. The highest BCUT2D eigenvalue weighted by molar-refractivity contribution is 6.08. The molecule has 1 heterocycles. The number of rotatable bonds is 6. The lowest BCUT2D eigenvalue weighted by Crippen LogP contribution is -2.43. The topological polar surface area (TPSA) is 66.8 Å². The summed E-state index contributed by atoms with van der Waals surface area (Å²) in [5.41, 5.74) is 0.604. The first-order valence-corrected chi connectivity index (χ1v) is 9.49. The first-order valence-electron chi connectivity index (χ1n) is 9.49. The second-order valence-electron chi connectivity index (χ2n) is 8.34. The van der Waals surface area contributed by atoms with Crippen LogP contribution < -0.4 is 9.64 Å². The van der Waals surface area contributed by atoms with E-state index in [0.29, 0.717) is 11.3 Å². The van der Waals surface area contributed by atoms with Crippen molar-refractivity contribution in [3.8, 4) is 5.75 Å². The molecule has 5 heteroatoms. The van der Waals surface area contributed by atoms with Crippen LogP contribution in [0.25, 0.3) is 0 Å². The van der Waals surface area contributed by atoms with Crippen molar-refractivity contribution < 1.29 is 19.4 Å². The molecule has 1 aliphatic rings. The Morgan fingerprint density at radius 1 is 1.11 bits per heavy atom. The number of amides is 1.